The summed E-state index contributed by atoms with van der Waals surface area (Å²) in [5.74, 6) is -1.32. The predicted molar refractivity (Wildman–Crippen MR) is 146 cm³/mol. The topological polar surface area (TPSA) is 147 Å². The number of benzene rings is 1. The van der Waals surface area contributed by atoms with Gasteiger partial charge in [0.1, 0.15) is 12.1 Å². The van der Waals surface area contributed by atoms with Gasteiger partial charge in [-0.3, -0.25) is 29.1 Å². The smallest absolute Gasteiger partial charge is 0.293 e. The average Bonchev–Trinajstić information content (AvgIpc) is 3.53. The molecule has 5 rings (SSSR count). The molecule has 11 nitrogen and oxygen atoms in total. The number of carbonyl (C=O) groups is 4. The van der Waals surface area contributed by atoms with E-state index < -0.39 is 57.4 Å². The molecule has 0 spiro atoms. The summed E-state index contributed by atoms with van der Waals surface area (Å²) in [6.07, 6.45) is 4.76. The summed E-state index contributed by atoms with van der Waals surface area (Å²) < 4.78 is 27.3. The SMILES string of the molecule is CC(C)CC(NC(=O)c1ccc2ncccc2c1)C(=O)N1CCC2C1C(=O)CN2S(=O)(=O)C(=O)c1cccnc1. The highest BCUT2D eigenvalue weighted by Crippen LogP contribution is 2.33. The Kier molecular flexibility index (Phi) is 7.47. The molecule has 1 aromatic carbocycles. The van der Waals surface area contributed by atoms with E-state index in [0.29, 0.717) is 12.0 Å². The third-order valence-corrected chi connectivity index (χ3v) is 9.00. The van der Waals surface area contributed by atoms with Crippen LogP contribution >= 0.6 is 0 Å². The lowest BCUT2D eigenvalue weighted by Crippen LogP contribution is -2.53. The Morgan fingerprint density at radius 2 is 1.85 bits per heavy atom. The molecule has 1 N–H and O–H groups in total. The summed E-state index contributed by atoms with van der Waals surface area (Å²) in [5.41, 5.74) is 0.996. The summed E-state index contributed by atoms with van der Waals surface area (Å²) in [6, 6.07) is 8.66. The molecule has 3 aromatic rings. The third-order valence-electron chi connectivity index (χ3n) is 7.28. The van der Waals surface area contributed by atoms with Crippen LogP contribution in [0.4, 0.5) is 0 Å². The largest absolute Gasteiger partial charge is 0.340 e. The quantitative estimate of drug-likeness (QED) is 0.458. The second-order valence-corrected chi connectivity index (χ2v) is 12.2. The van der Waals surface area contributed by atoms with Gasteiger partial charge in [0.15, 0.2) is 5.78 Å². The van der Waals surface area contributed by atoms with E-state index in [4.69, 9.17) is 0 Å². The van der Waals surface area contributed by atoms with Crippen LogP contribution < -0.4 is 5.32 Å². The number of fused-ring (bicyclic) bond motifs is 2. The number of rotatable bonds is 7. The number of aromatic nitrogens is 2. The molecule has 12 heteroatoms. The molecule has 3 atom stereocenters. The van der Waals surface area contributed by atoms with Crippen molar-refractivity contribution < 1.29 is 27.6 Å². The molecule has 2 aliphatic rings. The number of sulfonamides is 1. The maximum Gasteiger partial charge on any atom is 0.293 e. The van der Waals surface area contributed by atoms with E-state index in [0.717, 1.165) is 21.4 Å². The standard InChI is InChI=1S/C28H29N5O6S/c1-17(2)13-22(31-26(35)19-7-8-21-18(14-19)5-4-11-30-21)27(36)32-12-9-23-25(32)24(34)16-33(23)40(38,39)28(37)20-6-3-10-29-15-20/h3-8,10-11,14-15,17,22-23,25H,9,12-13,16H2,1-2H3,(H,31,35). The number of Topliss-reactive ketones (excluding diaryl/α,β-unsaturated/α-hetero) is 1. The van der Waals surface area contributed by atoms with Crippen molar-refractivity contribution in [1.29, 1.82) is 0 Å². The van der Waals surface area contributed by atoms with Gasteiger partial charge < -0.3 is 10.2 Å². The van der Waals surface area contributed by atoms with Crippen molar-refractivity contribution >= 4 is 43.6 Å². The fourth-order valence-corrected chi connectivity index (χ4v) is 6.94. The molecule has 0 radical (unpaired) electrons. The summed E-state index contributed by atoms with van der Waals surface area (Å²) >= 11 is 0. The van der Waals surface area contributed by atoms with Crippen LogP contribution in [0.2, 0.25) is 0 Å². The van der Waals surface area contributed by atoms with Crippen LogP contribution in [0.1, 0.15) is 47.4 Å². The summed E-state index contributed by atoms with van der Waals surface area (Å²) in [7, 11) is -4.52. The van der Waals surface area contributed by atoms with E-state index in [1.54, 1.807) is 30.5 Å². The fraction of sp³-hybridized carbons (Fsp3) is 0.357. The molecule has 0 bridgehead atoms. The Morgan fingerprint density at radius 1 is 1.07 bits per heavy atom. The van der Waals surface area contributed by atoms with E-state index >= 15 is 0 Å². The number of carbonyl (C=O) groups excluding carboxylic acids is 4. The van der Waals surface area contributed by atoms with Crippen molar-refractivity contribution in [2.75, 3.05) is 13.1 Å². The minimum atomic E-state index is -4.52. The van der Waals surface area contributed by atoms with Crippen molar-refractivity contribution in [2.45, 2.75) is 44.8 Å². The molecule has 2 saturated heterocycles. The van der Waals surface area contributed by atoms with Gasteiger partial charge in [0, 0.05) is 36.1 Å². The minimum absolute atomic E-state index is 0.0433. The molecule has 0 saturated carbocycles. The van der Waals surface area contributed by atoms with Gasteiger partial charge in [-0.25, -0.2) is 8.42 Å². The van der Waals surface area contributed by atoms with E-state index in [1.807, 2.05) is 19.9 Å². The highest BCUT2D eigenvalue weighted by Gasteiger charge is 2.55. The third kappa shape index (κ3) is 5.11. The molecule has 2 aromatic heterocycles. The van der Waals surface area contributed by atoms with Gasteiger partial charge in [-0.15, -0.1) is 0 Å². The summed E-state index contributed by atoms with van der Waals surface area (Å²) in [6.45, 7) is 3.46. The van der Waals surface area contributed by atoms with Crippen LogP contribution in [0.25, 0.3) is 10.9 Å². The zero-order valence-electron chi connectivity index (χ0n) is 22.1. The number of nitrogens with one attached hydrogen (secondary N) is 1. The second-order valence-electron chi connectivity index (χ2n) is 10.4. The Balaban J connectivity index is 1.35. The van der Waals surface area contributed by atoms with Crippen LogP contribution in [0.3, 0.4) is 0 Å². The number of pyridine rings is 2. The van der Waals surface area contributed by atoms with Gasteiger partial charge in [-0.05, 0) is 55.2 Å². The number of hydrogen-bond donors (Lipinski definition) is 1. The van der Waals surface area contributed by atoms with Crippen LogP contribution in [0.15, 0.2) is 61.1 Å². The zero-order chi connectivity index (χ0) is 28.6. The summed E-state index contributed by atoms with van der Waals surface area (Å²) in [4.78, 5) is 62.3. The van der Waals surface area contributed by atoms with Gasteiger partial charge in [-0.1, -0.05) is 19.9 Å². The van der Waals surface area contributed by atoms with Gasteiger partial charge in [0.2, 0.25) is 5.91 Å². The molecule has 4 heterocycles. The lowest BCUT2D eigenvalue weighted by atomic mass is 10.0. The Labute approximate surface area is 231 Å². The maximum absolute atomic E-state index is 13.8. The number of amides is 2. The molecule has 2 aliphatic heterocycles. The van der Waals surface area contributed by atoms with E-state index in [2.05, 4.69) is 15.3 Å². The molecular formula is C28H29N5O6S. The lowest BCUT2D eigenvalue weighted by Gasteiger charge is -2.29. The molecule has 2 fully saturated rings. The number of nitrogens with zero attached hydrogens (tertiary/aromatic N) is 4. The highest BCUT2D eigenvalue weighted by atomic mass is 32.2. The number of ketones is 1. The first-order valence-corrected chi connectivity index (χ1v) is 14.5. The number of likely N-dealkylation sites (tertiary alicyclic amines) is 1. The Morgan fingerprint density at radius 3 is 2.58 bits per heavy atom. The van der Waals surface area contributed by atoms with Crippen LogP contribution in [0, 0.1) is 5.92 Å². The van der Waals surface area contributed by atoms with Crippen molar-refractivity contribution in [1.82, 2.24) is 24.5 Å². The average molecular weight is 564 g/mol. The van der Waals surface area contributed by atoms with Crippen molar-refractivity contribution in [3.8, 4) is 0 Å². The molecular weight excluding hydrogens is 534 g/mol. The van der Waals surface area contributed by atoms with Crippen LogP contribution in [-0.4, -0.2) is 81.5 Å². The van der Waals surface area contributed by atoms with Gasteiger partial charge in [0.05, 0.1) is 23.7 Å². The van der Waals surface area contributed by atoms with Gasteiger partial charge in [0.25, 0.3) is 21.0 Å². The van der Waals surface area contributed by atoms with E-state index in [1.165, 1.54) is 23.2 Å². The first kappa shape index (κ1) is 27.5. The normalized spacial score (nSPS) is 20.1. The van der Waals surface area contributed by atoms with Gasteiger partial charge >= 0.3 is 0 Å². The van der Waals surface area contributed by atoms with Crippen molar-refractivity contribution in [3.63, 3.8) is 0 Å². The zero-order valence-corrected chi connectivity index (χ0v) is 22.9. The molecule has 40 heavy (non-hydrogen) atoms. The van der Waals surface area contributed by atoms with Crippen molar-refractivity contribution in [3.05, 3.63) is 72.2 Å². The maximum atomic E-state index is 13.8. The highest BCUT2D eigenvalue weighted by molar-refractivity contribution is 8.04. The van der Waals surface area contributed by atoms with Crippen LogP contribution in [0.5, 0.6) is 0 Å². The molecule has 2 amide bonds. The number of hydrogen-bond acceptors (Lipinski definition) is 8. The lowest BCUT2D eigenvalue weighted by molar-refractivity contribution is -0.138. The van der Waals surface area contributed by atoms with Crippen molar-refractivity contribution in [2.24, 2.45) is 5.92 Å². The monoisotopic (exact) mass is 563 g/mol. The summed E-state index contributed by atoms with van der Waals surface area (Å²) in [5, 5.41) is 2.46. The van der Waals surface area contributed by atoms with E-state index in [9.17, 15) is 27.6 Å². The Bertz CT molecular complexity index is 1590. The minimum Gasteiger partial charge on any atom is -0.340 e. The predicted octanol–water partition coefficient (Wildman–Crippen LogP) is 1.80. The fourth-order valence-electron chi connectivity index (χ4n) is 5.43. The van der Waals surface area contributed by atoms with Crippen LogP contribution in [-0.2, 0) is 19.6 Å². The molecule has 3 unspecified atom stereocenters. The Hall–Kier alpha value is -4.03. The second kappa shape index (κ2) is 10.9. The first-order chi connectivity index (χ1) is 19.1. The molecule has 208 valence electrons. The first-order valence-electron chi connectivity index (χ1n) is 13.0. The van der Waals surface area contributed by atoms with Gasteiger partial charge in [-0.2, -0.15) is 4.31 Å². The van der Waals surface area contributed by atoms with E-state index in [-0.39, 0.29) is 24.4 Å². The molecule has 0 aliphatic carbocycles.